The minimum atomic E-state index is -0.758. The Balaban J connectivity index is 3.62. The maximum atomic E-state index is 10.6. The van der Waals surface area contributed by atoms with Crippen LogP contribution in [0.2, 0.25) is 0 Å². The van der Waals surface area contributed by atoms with Crippen LogP contribution >= 0.6 is 11.6 Å². The van der Waals surface area contributed by atoms with Gasteiger partial charge < -0.3 is 9.47 Å². The van der Waals surface area contributed by atoms with Gasteiger partial charge in [0.05, 0.1) is 0 Å². The molecule has 0 aliphatic rings. The molecule has 0 rings (SSSR count). The van der Waals surface area contributed by atoms with Crippen LogP contribution in [0.5, 0.6) is 0 Å². The maximum absolute atomic E-state index is 10.6. The van der Waals surface area contributed by atoms with Crippen LogP contribution in [0.3, 0.4) is 0 Å². The first-order chi connectivity index (χ1) is 5.24. The summed E-state index contributed by atoms with van der Waals surface area (Å²) in [5, 5.41) is 0. The first-order valence-electron chi connectivity index (χ1n) is 3.26. The van der Waals surface area contributed by atoms with Crippen molar-refractivity contribution in [2.24, 2.45) is 0 Å². The molecule has 0 bridgehead atoms. The number of carbonyl (C=O) groups excluding carboxylic acids is 1. The molecule has 0 saturated carbocycles. The minimum absolute atomic E-state index is 0.188. The average molecular weight is 179 g/mol. The monoisotopic (exact) mass is 178 g/mol. The fraction of sp³-hybridized carbons (Fsp3) is 0.571. The lowest BCUT2D eigenvalue weighted by Crippen LogP contribution is -2.15. The number of halogens is 1. The van der Waals surface area contributed by atoms with Crippen molar-refractivity contribution in [3.63, 3.8) is 0 Å². The molecular formula is C7H11ClO3. The molecule has 0 heterocycles. The van der Waals surface area contributed by atoms with Gasteiger partial charge in [-0.1, -0.05) is 31.2 Å². The summed E-state index contributed by atoms with van der Waals surface area (Å²) < 4.78 is 9.06. The van der Waals surface area contributed by atoms with E-state index in [1.54, 1.807) is 0 Å². The minimum Gasteiger partial charge on any atom is -0.427 e. The number of carbonyl (C=O) groups is 1. The molecule has 0 aromatic carbocycles. The van der Waals surface area contributed by atoms with E-state index >= 15 is 0 Å². The highest BCUT2D eigenvalue weighted by molar-refractivity contribution is 6.17. The molecular weight excluding hydrogens is 168 g/mol. The highest BCUT2D eigenvalue weighted by Gasteiger charge is 2.08. The van der Waals surface area contributed by atoms with Gasteiger partial charge in [0.1, 0.15) is 6.10 Å². The molecule has 3 nitrogen and oxygen atoms in total. The van der Waals surface area contributed by atoms with E-state index < -0.39 is 6.16 Å². The van der Waals surface area contributed by atoms with E-state index in [-0.39, 0.29) is 12.2 Å². The first kappa shape index (κ1) is 10.3. The third-order valence-electron chi connectivity index (χ3n) is 1.09. The summed E-state index contributed by atoms with van der Waals surface area (Å²) in [5.74, 6) is 0. The van der Waals surface area contributed by atoms with Crippen LogP contribution in [0.25, 0.3) is 0 Å². The standard InChI is InChI=1S/C7H11ClO3/c1-3-6(4-2)11-7(9)10-5-8/h3,6H,1,4-5H2,2H3. The van der Waals surface area contributed by atoms with Crippen molar-refractivity contribution in [2.75, 3.05) is 6.07 Å². The Hall–Kier alpha value is -0.700. The fourth-order valence-electron chi connectivity index (χ4n) is 0.500. The second kappa shape index (κ2) is 6.04. The molecule has 0 aromatic heterocycles. The molecule has 1 atom stereocenters. The molecule has 0 aliphatic heterocycles. The van der Waals surface area contributed by atoms with Crippen molar-refractivity contribution in [3.8, 4) is 0 Å². The molecule has 0 aliphatic carbocycles. The van der Waals surface area contributed by atoms with Crippen LogP contribution in [0.15, 0.2) is 12.7 Å². The van der Waals surface area contributed by atoms with Crippen LogP contribution in [-0.2, 0) is 9.47 Å². The quantitative estimate of drug-likeness (QED) is 0.377. The molecule has 0 fully saturated rings. The zero-order chi connectivity index (χ0) is 8.69. The second-order valence-electron chi connectivity index (χ2n) is 1.80. The lowest BCUT2D eigenvalue weighted by Gasteiger charge is -2.09. The predicted octanol–water partition coefficient (Wildman–Crippen LogP) is 2.30. The van der Waals surface area contributed by atoms with Crippen molar-refractivity contribution in [3.05, 3.63) is 12.7 Å². The Kier molecular flexibility index (Phi) is 5.65. The average Bonchev–Trinajstić information content (AvgIpc) is 2.01. The summed E-state index contributed by atoms with van der Waals surface area (Å²) in [6.45, 7) is 5.35. The van der Waals surface area contributed by atoms with Crippen LogP contribution < -0.4 is 0 Å². The van der Waals surface area contributed by atoms with Gasteiger partial charge in [-0.25, -0.2) is 4.79 Å². The van der Waals surface area contributed by atoms with Gasteiger partial charge >= 0.3 is 6.16 Å². The van der Waals surface area contributed by atoms with Gasteiger partial charge in [0, 0.05) is 0 Å². The second-order valence-corrected chi connectivity index (χ2v) is 2.02. The number of rotatable bonds is 4. The molecule has 0 aromatic rings. The van der Waals surface area contributed by atoms with Crippen LogP contribution in [0.1, 0.15) is 13.3 Å². The van der Waals surface area contributed by atoms with Crippen molar-refractivity contribution in [1.29, 1.82) is 0 Å². The van der Waals surface area contributed by atoms with E-state index in [1.165, 1.54) is 6.08 Å². The Labute approximate surface area is 70.9 Å². The van der Waals surface area contributed by atoms with E-state index in [4.69, 9.17) is 16.3 Å². The van der Waals surface area contributed by atoms with Crippen molar-refractivity contribution in [2.45, 2.75) is 19.4 Å². The SMILES string of the molecule is C=CC(CC)OC(=O)OCCl. The molecule has 1 unspecified atom stereocenters. The van der Waals surface area contributed by atoms with Crippen molar-refractivity contribution in [1.82, 2.24) is 0 Å². The molecule has 0 saturated heterocycles. The summed E-state index contributed by atoms with van der Waals surface area (Å²) >= 11 is 5.12. The Morgan fingerprint density at radius 1 is 1.82 bits per heavy atom. The first-order valence-corrected chi connectivity index (χ1v) is 3.80. The summed E-state index contributed by atoms with van der Waals surface area (Å²) in [6, 6.07) is -0.188. The largest absolute Gasteiger partial charge is 0.510 e. The Bertz CT molecular complexity index is 136. The van der Waals surface area contributed by atoms with Crippen molar-refractivity contribution >= 4 is 17.8 Å². The molecule has 64 valence electrons. The molecule has 0 spiro atoms. The Morgan fingerprint density at radius 2 is 2.45 bits per heavy atom. The fourth-order valence-corrected chi connectivity index (χ4v) is 0.589. The summed E-state index contributed by atoms with van der Waals surface area (Å²) in [4.78, 5) is 10.6. The molecule has 0 N–H and O–H groups in total. The number of alkyl halides is 1. The third-order valence-corrected chi connectivity index (χ3v) is 1.19. The van der Waals surface area contributed by atoms with Crippen LogP contribution in [0.4, 0.5) is 4.79 Å². The van der Waals surface area contributed by atoms with Crippen LogP contribution in [-0.4, -0.2) is 18.3 Å². The lowest BCUT2D eigenvalue weighted by molar-refractivity contribution is 0.0472. The van der Waals surface area contributed by atoms with Gasteiger partial charge in [-0.2, -0.15) is 0 Å². The van der Waals surface area contributed by atoms with Crippen LogP contribution in [0, 0.1) is 0 Å². The lowest BCUT2D eigenvalue weighted by atomic mass is 10.3. The summed E-state index contributed by atoms with van der Waals surface area (Å²) in [6.07, 6.45) is 1.17. The third kappa shape index (κ3) is 4.67. The highest BCUT2D eigenvalue weighted by Crippen LogP contribution is 2.00. The topological polar surface area (TPSA) is 35.5 Å². The normalized spacial score (nSPS) is 11.8. The summed E-state index contributed by atoms with van der Waals surface area (Å²) in [7, 11) is 0. The molecule has 0 amide bonds. The van der Waals surface area contributed by atoms with E-state index in [0.29, 0.717) is 6.42 Å². The zero-order valence-electron chi connectivity index (χ0n) is 6.38. The zero-order valence-corrected chi connectivity index (χ0v) is 7.13. The molecule has 4 heteroatoms. The van der Waals surface area contributed by atoms with E-state index in [0.717, 1.165) is 0 Å². The van der Waals surface area contributed by atoms with Gasteiger partial charge in [0.15, 0.2) is 6.07 Å². The smallest absolute Gasteiger partial charge is 0.427 e. The highest BCUT2D eigenvalue weighted by atomic mass is 35.5. The van der Waals surface area contributed by atoms with E-state index in [9.17, 15) is 4.79 Å². The van der Waals surface area contributed by atoms with Gasteiger partial charge in [0.25, 0.3) is 0 Å². The van der Waals surface area contributed by atoms with Gasteiger partial charge in [-0.3, -0.25) is 0 Å². The van der Waals surface area contributed by atoms with Gasteiger partial charge in [0.2, 0.25) is 0 Å². The predicted molar refractivity (Wildman–Crippen MR) is 42.6 cm³/mol. The molecule has 11 heavy (non-hydrogen) atoms. The molecule has 0 radical (unpaired) electrons. The van der Waals surface area contributed by atoms with Crippen molar-refractivity contribution < 1.29 is 14.3 Å². The maximum Gasteiger partial charge on any atom is 0.510 e. The Morgan fingerprint density at radius 3 is 2.82 bits per heavy atom. The number of hydrogen-bond acceptors (Lipinski definition) is 3. The number of hydrogen-bond donors (Lipinski definition) is 0. The van der Waals surface area contributed by atoms with E-state index in [1.807, 2.05) is 6.92 Å². The van der Waals surface area contributed by atoms with E-state index in [2.05, 4.69) is 11.3 Å². The number of ether oxygens (including phenoxy) is 2. The van der Waals surface area contributed by atoms with Gasteiger partial charge in [-0.05, 0) is 6.42 Å². The van der Waals surface area contributed by atoms with Gasteiger partial charge in [-0.15, -0.1) is 0 Å². The summed E-state index contributed by atoms with van der Waals surface area (Å²) in [5.41, 5.74) is 0.